The molecule has 284 valence electrons. The Kier molecular flexibility index (Phi) is 38.9. The Labute approximate surface area is 305 Å². The van der Waals surface area contributed by atoms with Gasteiger partial charge < -0.3 is 15.5 Å². The predicted molar refractivity (Wildman–Crippen MR) is 216 cm³/mol. The third kappa shape index (κ3) is 37.2. The fourth-order valence-corrected chi connectivity index (χ4v) is 5.96. The summed E-state index contributed by atoms with van der Waals surface area (Å²) in [5.41, 5.74) is 0. The normalized spacial score (nSPS) is 13.6. The number of allylic oxidation sites excluding steroid dienone is 9. The van der Waals surface area contributed by atoms with Gasteiger partial charge in [0.05, 0.1) is 18.8 Å². The minimum absolute atomic E-state index is 0.0922. The van der Waals surface area contributed by atoms with Crippen molar-refractivity contribution in [3.8, 4) is 0 Å². The molecule has 0 saturated carbocycles. The fraction of sp³-hybridized carbons (Fsp3) is 0.756. The minimum Gasteiger partial charge on any atom is -0.394 e. The number of hydrogen-bond acceptors (Lipinski definition) is 3. The van der Waals surface area contributed by atoms with Crippen LogP contribution in [0, 0.1) is 0 Å². The Morgan fingerprint density at radius 1 is 0.490 bits per heavy atom. The van der Waals surface area contributed by atoms with Gasteiger partial charge in [-0.3, -0.25) is 4.79 Å². The van der Waals surface area contributed by atoms with Gasteiger partial charge in [-0.25, -0.2) is 0 Å². The zero-order valence-corrected chi connectivity index (χ0v) is 32.4. The summed E-state index contributed by atoms with van der Waals surface area (Å²) in [7, 11) is 0. The van der Waals surface area contributed by atoms with Gasteiger partial charge in [0.1, 0.15) is 0 Å². The smallest absolute Gasteiger partial charge is 0.220 e. The van der Waals surface area contributed by atoms with Gasteiger partial charge in [0.2, 0.25) is 5.91 Å². The average Bonchev–Trinajstić information content (AvgIpc) is 3.10. The molecule has 2 unspecified atom stereocenters. The van der Waals surface area contributed by atoms with Crippen LogP contribution in [0.25, 0.3) is 0 Å². The van der Waals surface area contributed by atoms with E-state index in [2.05, 4.69) is 67.8 Å². The molecule has 0 aliphatic heterocycles. The fourth-order valence-electron chi connectivity index (χ4n) is 5.96. The van der Waals surface area contributed by atoms with E-state index in [1.807, 2.05) is 6.08 Å². The SMILES string of the molecule is CCCCC/C=C\C=C/CCCCCCCCC(=O)NC(CO)C(O)/C=C/CC/C=C/CC/C=C/CCCCCCCCCCCCCC. The number of aliphatic hydroxyl groups is 2. The molecule has 0 fully saturated rings. The second kappa shape index (κ2) is 40.5. The summed E-state index contributed by atoms with van der Waals surface area (Å²) in [6.07, 6.45) is 56.1. The highest BCUT2D eigenvalue weighted by Crippen LogP contribution is 2.13. The van der Waals surface area contributed by atoms with Gasteiger partial charge in [-0.15, -0.1) is 0 Å². The van der Waals surface area contributed by atoms with Crippen LogP contribution in [0.15, 0.2) is 60.8 Å². The first-order valence-corrected chi connectivity index (χ1v) is 21.0. The van der Waals surface area contributed by atoms with Crippen LogP contribution in [0.2, 0.25) is 0 Å². The van der Waals surface area contributed by atoms with Crippen LogP contribution in [0.4, 0.5) is 0 Å². The number of unbranched alkanes of at least 4 members (excludes halogenated alkanes) is 23. The van der Waals surface area contributed by atoms with E-state index in [1.165, 1.54) is 128 Å². The molecule has 0 bridgehead atoms. The van der Waals surface area contributed by atoms with E-state index in [-0.39, 0.29) is 12.5 Å². The Bertz CT molecular complexity index is 827. The van der Waals surface area contributed by atoms with E-state index in [4.69, 9.17) is 0 Å². The highest BCUT2D eigenvalue weighted by molar-refractivity contribution is 5.76. The first-order valence-electron chi connectivity index (χ1n) is 21.0. The highest BCUT2D eigenvalue weighted by Gasteiger charge is 2.17. The zero-order chi connectivity index (χ0) is 35.7. The van der Waals surface area contributed by atoms with Crippen molar-refractivity contribution >= 4 is 5.91 Å². The van der Waals surface area contributed by atoms with E-state index in [9.17, 15) is 15.0 Å². The van der Waals surface area contributed by atoms with Gasteiger partial charge in [0, 0.05) is 6.42 Å². The maximum absolute atomic E-state index is 12.3. The Morgan fingerprint density at radius 2 is 0.857 bits per heavy atom. The molecule has 0 aromatic heterocycles. The summed E-state index contributed by atoms with van der Waals surface area (Å²) in [5, 5.41) is 22.9. The van der Waals surface area contributed by atoms with Crippen molar-refractivity contribution in [3.05, 3.63) is 60.8 Å². The first-order chi connectivity index (χ1) is 24.2. The van der Waals surface area contributed by atoms with Crippen molar-refractivity contribution in [1.29, 1.82) is 0 Å². The Morgan fingerprint density at radius 3 is 1.35 bits per heavy atom. The monoisotopic (exact) mass is 684 g/mol. The summed E-state index contributed by atoms with van der Waals surface area (Å²) in [4.78, 5) is 12.3. The quantitative estimate of drug-likeness (QED) is 0.0347. The number of amides is 1. The van der Waals surface area contributed by atoms with Gasteiger partial charge in [0.15, 0.2) is 0 Å². The summed E-state index contributed by atoms with van der Waals surface area (Å²) >= 11 is 0. The van der Waals surface area contributed by atoms with Crippen molar-refractivity contribution in [1.82, 2.24) is 5.32 Å². The summed E-state index contributed by atoms with van der Waals surface area (Å²) < 4.78 is 0. The summed E-state index contributed by atoms with van der Waals surface area (Å²) in [5.74, 6) is -0.0922. The van der Waals surface area contributed by atoms with Gasteiger partial charge in [-0.2, -0.15) is 0 Å². The van der Waals surface area contributed by atoms with Crippen LogP contribution in [-0.4, -0.2) is 34.9 Å². The van der Waals surface area contributed by atoms with Crippen LogP contribution in [0.5, 0.6) is 0 Å². The molecule has 4 nitrogen and oxygen atoms in total. The lowest BCUT2D eigenvalue weighted by atomic mass is 10.0. The molecule has 0 aliphatic carbocycles. The molecule has 3 N–H and O–H groups in total. The van der Waals surface area contributed by atoms with Crippen molar-refractivity contribution < 1.29 is 15.0 Å². The molecular formula is C45H81NO3. The molecule has 0 heterocycles. The Hall–Kier alpha value is -1.91. The van der Waals surface area contributed by atoms with Crippen LogP contribution < -0.4 is 5.32 Å². The summed E-state index contributed by atoms with van der Waals surface area (Å²) in [6, 6.07) is -0.653. The maximum Gasteiger partial charge on any atom is 0.220 e. The number of carbonyl (C=O) groups is 1. The van der Waals surface area contributed by atoms with E-state index >= 15 is 0 Å². The number of aliphatic hydroxyl groups excluding tert-OH is 2. The van der Waals surface area contributed by atoms with Crippen molar-refractivity contribution in [3.63, 3.8) is 0 Å². The standard InChI is InChI=1S/C45H81NO3/c1-3-5-7-9-11-13-15-17-19-20-21-22-23-24-25-27-28-30-32-34-36-38-40-44(48)43(42-47)46-45(49)41-39-37-35-33-31-29-26-18-16-14-12-10-8-6-4-2/h12,14,16,18,24-25,30,32,38,40,43-44,47-48H,3-11,13,15,17,19-23,26-29,31,33-37,39,41-42H2,1-2H3,(H,46,49)/b14-12-,18-16-,25-24+,32-30+,40-38+. The van der Waals surface area contributed by atoms with E-state index < -0.39 is 12.1 Å². The van der Waals surface area contributed by atoms with E-state index in [0.29, 0.717) is 6.42 Å². The largest absolute Gasteiger partial charge is 0.394 e. The van der Waals surface area contributed by atoms with Crippen molar-refractivity contribution in [2.24, 2.45) is 0 Å². The van der Waals surface area contributed by atoms with Gasteiger partial charge >= 0.3 is 0 Å². The number of rotatable bonds is 37. The summed E-state index contributed by atoms with van der Waals surface area (Å²) in [6.45, 7) is 4.25. The molecule has 0 radical (unpaired) electrons. The number of carbonyl (C=O) groups excluding carboxylic acids is 1. The molecule has 0 spiro atoms. The van der Waals surface area contributed by atoms with Gasteiger partial charge in [0.25, 0.3) is 0 Å². The van der Waals surface area contributed by atoms with E-state index in [1.54, 1.807) is 6.08 Å². The molecule has 0 aromatic rings. The topological polar surface area (TPSA) is 69.6 Å². The molecule has 49 heavy (non-hydrogen) atoms. The molecule has 0 rings (SSSR count). The van der Waals surface area contributed by atoms with Crippen LogP contribution in [0.1, 0.15) is 200 Å². The predicted octanol–water partition coefficient (Wildman–Crippen LogP) is 13.0. The van der Waals surface area contributed by atoms with Crippen molar-refractivity contribution in [2.75, 3.05) is 6.61 Å². The van der Waals surface area contributed by atoms with Crippen molar-refractivity contribution in [2.45, 2.75) is 212 Å². The molecule has 0 saturated heterocycles. The van der Waals surface area contributed by atoms with Gasteiger partial charge in [-0.1, -0.05) is 184 Å². The Balaban J connectivity index is 3.69. The molecule has 4 heteroatoms. The average molecular weight is 684 g/mol. The van der Waals surface area contributed by atoms with Gasteiger partial charge in [-0.05, 0) is 70.6 Å². The lowest BCUT2D eigenvalue weighted by Gasteiger charge is -2.19. The lowest BCUT2D eigenvalue weighted by molar-refractivity contribution is -0.123. The number of hydrogen-bond donors (Lipinski definition) is 3. The van der Waals surface area contributed by atoms with Crippen LogP contribution in [0.3, 0.4) is 0 Å². The molecule has 0 aromatic carbocycles. The number of nitrogens with one attached hydrogen (secondary N) is 1. The second-order valence-electron chi connectivity index (χ2n) is 14.1. The highest BCUT2D eigenvalue weighted by atomic mass is 16.3. The molecule has 0 aliphatic rings. The molecule has 2 atom stereocenters. The zero-order valence-electron chi connectivity index (χ0n) is 32.4. The second-order valence-corrected chi connectivity index (χ2v) is 14.1. The molecule has 1 amide bonds. The maximum atomic E-state index is 12.3. The third-order valence-corrected chi connectivity index (χ3v) is 9.23. The van der Waals surface area contributed by atoms with Crippen LogP contribution in [-0.2, 0) is 4.79 Å². The van der Waals surface area contributed by atoms with Crippen LogP contribution >= 0.6 is 0 Å². The first kappa shape index (κ1) is 47.1. The van der Waals surface area contributed by atoms with E-state index in [0.717, 1.165) is 51.4 Å². The lowest BCUT2D eigenvalue weighted by Crippen LogP contribution is -2.45. The third-order valence-electron chi connectivity index (χ3n) is 9.23. The molecular weight excluding hydrogens is 602 g/mol. The minimum atomic E-state index is -0.876.